The maximum absolute atomic E-state index is 10.6. The van der Waals surface area contributed by atoms with Crippen molar-refractivity contribution in [1.82, 2.24) is 4.98 Å². The molecule has 1 heterocycles. The highest BCUT2D eigenvalue weighted by atomic mass is 35.5. The molecule has 1 rings (SSSR count). The van der Waals surface area contributed by atoms with Crippen LogP contribution in [0.3, 0.4) is 0 Å². The second-order valence-corrected chi connectivity index (χ2v) is 3.36. The molecule has 1 aromatic rings. The summed E-state index contributed by atoms with van der Waals surface area (Å²) in [7, 11) is 0. The normalized spacial score (nSPS) is 12.2. The average molecular weight is 215 g/mol. The molecule has 0 aliphatic carbocycles. The van der Waals surface area contributed by atoms with Gasteiger partial charge in [-0.25, -0.2) is 4.98 Å². The van der Waals surface area contributed by atoms with E-state index in [-0.39, 0.29) is 0 Å². The van der Waals surface area contributed by atoms with Crippen molar-refractivity contribution in [3.8, 4) is 0 Å². The van der Waals surface area contributed by atoms with Gasteiger partial charge in [0.1, 0.15) is 11.2 Å². The fourth-order valence-electron chi connectivity index (χ4n) is 0.978. The molecule has 76 valence electrons. The lowest BCUT2D eigenvalue weighted by molar-refractivity contribution is -0.137. The van der Waals surface area contributed by atoms with Crippen LogP contribution in [0.25, 0.3) is 0 Å². The van der Waals surface area contributed by atoms with Crippen molar-refractivity contribution in [1.29, 1.82) is 0 Å². The number of nitrogens with one attached hydrogen (secondary N) is 1. The van der Waals surface area contributed by atoms with E-state index in [1.165, 1.54) is 0 Å². The predicted molar refractivity (Wildman–Crippen MR) is 54.7 cm³/mol. The molecule has 5 heteroatoms. The largest absolute Gasteiger partial charge is 0.480 e. The molecular weight excluding hydrogens is 204 g/mol. The summed E-state index contributed by atoms with van der Waals surface area (Å²) in [6.45, 7) is 3.33. The smallest absolute Gasteiger partial charge is 0.325 e. The molecule has 0 spiro atoms. The minimum atomic E-state index is -0.903. The third kappa shape index (κ3) is 2.60. The Labute approximate surface area is 86.9 Å². The molecule has 0 aliphatic heterocycles. The van der Waals surface area contributed by atoms with Gasteiger partial charge in [0.05, 0.1) is 11.4 Å². The summed E-state index contributed by atoms with van der Waals surface area (Å²) in [6.07, 6.45) is 0. The number of aromatic nitrogens is 1. The Hall–Kier alpha value is -1.29. The van der Waals surface area contributed by atoms with Crippen molar-refractivity contribution < 1.29 is 9.90 Å². The van der Waals surface area contributed by atoms with Crippen molar-refractivity contribution in [3.05, 3.63) is 23.0 Å². The zero-order valence-electron chi connectivity index (χ0n) is 7.91. The molecule has 0 bridgehead atoms. The SMILES string of the molecule is Cc1nc(Cl)ccc1NC(C)C(=O)O. The summed E-state index contributed by atoms with van der Waals surface area (Å²) in [6, 6.07) is 2.69. The maximum atomic E-state index is 10.6. The molecule has 2 N–H and O–H groups in total. The van der Waals surface area contributed by atoms with E-state index in [9.17, 15) is 4.79 Å². The first-order valence-electron chi connectivity index (χ1n) is 4.13. The van der Waals surface area contributed by atoms with Crippen LogP contribution in [-0.2, 0) is 4.79 Å². The van der Waals surface area contributed by atoms with E-state index in [2.05, 4.69) is 10.3 Å². The molecule has 0 saturated heterocycles. The third-order valence-corrected chi connectivity index (χ3v) is 2.00. The lowest BCUT2D eigenvalue weighted by atomic mass is 10.2. The van der Waals surface area contributed by atoms with Gasteiger partial charge >= 0.3 is 5.97 Å². The fraction of sp³-hybridized carbons (Fsp3) is 0.333. The van der Waals surface area contributed by atoms with Crippen molar-refractivity contribution in [3.63, 3.8) is 0 Å². The van der Waals surface area contributed by atoms with Gasteiger partial charge in [0.15, 0.2) is 0 Å². The first-order valence-corrected chi connectivity index (χ1v) is 4.51. The van der Waals surface area contributed by atoms with Gasteiger partial charge < -0.3 is 10.4 Å². The third-order valence-electron chi connectivity index (χ3n) is 1.79. The van der Waals surface area contributed by atoms with Gasteiger partial charge in [0, 0.05) is 0 Å². The number of carboxylic acids is 1. The van der Waals surface area contributed by atoms with Gasteiger partial charge in [-0.3, -0.25) is 4.79 Å². The number of rotatable bonds is 3. The van der Waals surface area contributed by atoms with Gasteiger partial charge in [-0.05, 0) is 26.0 Å². The van der Waals surface area contributed by atoms with Crippen LogP contribution in [0.4, 0.5) is 5.69 Å². The van der Waals surface area contributed by atoms with Crippen LogP contribution < -0.4 is 5.32 Å². The Bertz CT molecular complexity index is 355. The van der Waals surface area contributed by atoms with E-state index in [0.717, 1.165) is 0 Å². The molecule has 1 unspecified atom stereocenters. The molecule has 0 aromatic carbocycles. The van der Waals surface area contributed by atoms with Crippen LogP contribution in [0.15, 0.2) is 12.1 Å². The van der Waals surface area contributed by atoms with Crippen LogP contribution in [0.5, 0.6) is 0 Å². The number of hydrogen-bond donors (Lipinski definition) is 2. The van der Waals surface area contributed by atoms with Gasteiger partial charge in [0.25, 0.3) is 0 Å². The second kappa shape index (κ2) is 4.28. The highest BCUT2D eigenvalue weighted by Gasteiger charge is 2.11. The summed E-state index contributed by atoms with van der Waals surface area (Å²) >= 11 is 5.66. The zero-order chi connectivity index (χ0) is 10.7. The zero-order valence-corrected chi connectivity index (χ0v) is 8.67. The molecule has 4 nitrogen and oxygen atoms in total. The number of hydrogen-bond acceptors (Lipinski definition) is 3. The first-order chi connectivity index (χ1) is 6.50. The summed E-state index contributed by atoms with van der Waals surface area (Å²) in [5.41, 5.74) is 1.37. The van der Waals surface area contributed by atoms with E-state index in [0.29, 0.717) is 16.5 Å². The summed E-state index contributed by atoms with van der Waals surface area (Å²) in [4.78, 5) is 14.6. The molecule has 0 aliphatic rings. The summed E-state index contributed by atoms with van der Waals surface area (Å²) in [5.74, 6) is -0.903. The molecular formula is C9H11ClN2O2. The standard InChI is InChI=1S/C9H11ClN2O2/c1-5-7(3-4-8(10)12-5)11-6(2)9(13)14/h3-4,6,11H,1-2H3,(H,13,14). The Balaban J connectivity index is 2.82. The Morgan fingerprint density at radius 2 is 2.29 bits per heavy atom. The van der Waals surface area contributed by atoms with Crippen molar-refractivity contribution in [2.24, 2.45) is 0 Å². The van der Waals surface area contributed by atoms with Crippen LogP contribution in [0.2, 0.25) is 5.15 Å². The minimum absolute atomic E-state index is 0.399. The van der Waals surface area contributed by atoms with Crippen LogP contribution in [-0.4, -0.2) is 22.1 Å². The quantitative estimate of drug-likeness (QED) is 0.755. The Morgan fingerprint density at radius 1 is 1.64 bits per heavy atom. The lowest BCUT2D eigenvalue weighted by Crippen LogP contribution is -2.25. The number of carboxylic acid groups (broad SMARTS) is 1. The maximum Gasteiger partial charge on any atom is 0.325 e. The fourth-order valence-corrected chi connectivity index (χ4v) is 1.17. The molecule has 1 atom stereocenters. The highest BCUT2D eigenvalue weighted by Crippen LogP contribution is 2.16. The number of nitrogens with zero attached hydrogens (tertiary/aromatic N) is 1. The average Bonchev–Trinajstić information content (AvgIpc) is 2.09. The molecule has 14 heavy (non-hydrogen) atoms. The molecule has 0 radical (unpaired) electrons. The van der Waals surface area contributed by atoms with Gasteiger partial charge in [-0.15, -0.1) is 0 Å². The topological polar surface area (TPSA) is 62.2 Å². The number of halogens is 1. The molecule has 1 aromatic heterocycles. The van der Waals surface area contributed by atoms with Gasteiger partial charge in [-0.2, -0.15) is 0 Å². The number of anilines is 1. The lowest BCUT2D eigenvalue weighted by Gasteiger charge is -2.12. The molecule has 0 fully saturated rings. The van der Waals surface area contributed by atoms with Gasteiger partial charge in [-0.1, -0.05) is 11.6 Å². The predicted octanol–water partition coefficient (Wildman–Crippen LogP) is 1.93. The van der Waals surface area contributed by atoms with Crippen LogP contribution in [0, 0.1) is 6.92 Å². The monoisotopic (exact) mass is 214 g/mol. The van der Waals surface area contributed by atoms with Crippen molar-refractivity contribution >= 4 is 23.3 Å². The second-order valence-electron chi connectivity index (χ2n) is 2.97. The number of pyridine rings is 1. The van der Waals surface area contributed by atoms with Crippen molar-refractivity contribution in [2.75, 3.05) is 5.32 Å². The highest BCUT2D eigenvalue weighted by molar-refractivity contribution is 6.29. The molecule has 0 amide bonds. The minimum Gasteiger partial charge on any atom is -0.480 e. The first kappa shape index (κ1) is 10.8. The van der Waals surface area contributed by atoms with E-state index < -0.39 is 12.0 Å². The summed E-state index contributed by atoms with van der Waals surface area (Å²) in [5, 5.41) is 11.9. The van der Waals surface area contributed by atoms with E-state index >= 15 is 0 Å². The Morgan fingerprint density at radius 3 is 2.79 bits per heavy atom. The van der Waals surface area contributed by atoms with Gasteiger partial charge in [0.2, 0.25) is 0 Å². The van der Waals surface area contributed by atoms with E-state index in [1.54, 1.807) is 26.0 Å². The number of aliphatic carboxylic acids is 1. The molecule has 0 saturated carbocycles. The Kier molecular flexibility index (Phi) is 3.30. The van der Waals surface area contributed by atoms with Crippen LogP contribution >= 0.6 is 11.6 Å². The summed E-state index contributed by atoms with van der Waals surface area (Å²) < 4.78 is 0. The van der Waals surface area contributed by atoms with E-state index in [4.69, 9.17) is 16.7 Å². The van der Waals surface area contributed by atoms with E-state index in [1.807, 2.05) is 0 Å². The number of aryl methyl sites for hydroxylation is 1. The van der Waals surface area contributed by atoms with Crippen LogP contribution in [0.1, 0.15) is 12.6 Å². The number of carbonyl (C=O) groups is 1. The van der Waals surface area contributed by atoms with Crippen molar-refractivity contribution in [2.45, 2.75) is 19.9 Å².